The van der Waals surface area contributed by atoms with Crippen LogP contribution in [0, 0.1) is 0 Å². The first-order valence-corrected chi connectivity index (χ1v) is 9.57. The molecule has 2 atom stereocenters. The van der Waals surface area contributed by atoms with Crippen molar-refractivity contribution in [1.29, 1.82) is 0 Å². The monoisotopic (exact) mass is 370 g/mol. The van der Waals surface area contributed by atoms with E-state index >= 15 is 0 Å². The van der Waals surface area contributed by atoms with E-state index in [-0.39, 0.29) is 6.23 Å². The summed E-state index contributed by atoms with van der Waals surface area (Å²) < 4.78 is 5.44. The standard InChI is InChI=1S/C21H23ClN2O2/c22-17-11-16-13-24(21(26-14-25)15-5-2-1-3-6-15)10-8-18(16)19(12-17)20-7-4-9-23-20/h1-3,5-6,11-12,14,20-21,23H,4,7-10,13H2. The van der Waals surface area contributed by atoms with E-state index in [1.807, 2.05) is 30.3 Å². The smallest absolute Gasteiger partial charge is 0.294 e. The van der Waals surface area contributed by atoms with Crippen molar-refractivity contribution < 1.29 is 9.53 Å². The number of rotatable bonds is 5. The summed E-state index contributed by atoms with van der Waals surface area (Å²) in [4.78, 5) is 13.3. The van der Waals surface area contributed by atoms with Crippen molar-refractivity contribution in [1.82, 2.24) is 10.2 Å². The van der Waals surface area contributed by atoms with E-state index < -0.39 is 0 Å². The molecule has 26 heavy (non-hydrogen) atoms. The van der Waals surface area contributed by atoms with Crippen LogP contribution in [0.25, 0.3) is 0 Å². The SMILES string of the molecule is O=COC(c1ccccc1)N1CCc2c(cc(Cl)cc2C2CCCN2)C1. The minimum Gasteiger partial charge on any atom is -0.444 e. The van der Waals surface area contributed by atoms with Crippen LogP contribution < -0.4 is 5.32 Å². The predicted molar refractivity (Wildman–Crippen MR) is 102 cm³/mol. The summed E-state index contributed by atoms with van der Waals surface area (Å²) in [7, 11) is 0. The normalized spacial score (nSPS) is 21.2. The van der Waals surface area contributed by atoms with Gasteiger partial charge in [0.1, 0.15) is 0 Å². The average Bonchev–Trinajstić information content (AvgIpc) is 3.20. The lowest BCUT2D eigenvalue weighted by Crippen LogP contribution is -2.36. The van der Waals surface area contributed by atoms with E-state index in [9.17, 15) is 4.79 Å². The Labute approximate surface area is 159 Å². The highest BCUT2D eigenvalue weighted by Crippen LogP contribution is 2.36. The molecule has 1 fully saturated rings. The minimum absolute atomic E-state index is 0.367. The first-order valence-electron chi connectivity index (χ1n) is 9.19. The van der Waals surface area contributed by atoms with Gasteiger partial charge in [-0.1, -0.05) is 41.9 Å². The highest BCUT2D eigenvalue weighted by molar-refractivity contribution is 6.30. The number of nitrogens with one attached hydrogen (secondary N) is 1. The van der Waals surface area contributed by atoms with Gasteiger partial charge in [-0.15, -0.1) is 0 Å². The third-order valence-corrected chi connectivity index (χ3v) is 5.62. The average molecular weight is 371 g/mol. The zero-order chi connectivity index (χ0) is 17.9. The lowest BCUT2D eigenvalue weighted by molar-refractivity contribution is -0.145. The zero-order valence-electron chi connectivity index (χ0n) is 14.7. The van der Waals surface area contributed by atoms with Gasteiger partial charge < -0.3 is 10.1 Å². The Morgan fingerprint density at radius 2 is 2.12 bits per heavy atom. The maximum Gasteiger partial charge on any atom is 0.294 e. The lowest BCUT2D eigenvalue weighted by atomic mass is 9.90. The van der Waals surface area contributed by atoms with Crippen molar-refractivity contribution in [3.8, 4) is 0 Å². The summed E-state index contributed by atoms with van der Waals surface area (Å²) >= 11 is 6.43. The molecule has 0 spiro atoms. The number of ether oxygens (including phenoxy) is 1. The Morgan fingerprint density at radius 1 is 1.27 bits per heavy atom. The van der Waals surface area contributed by atoms with Crippen molar-refractivity contribution in [3.63, 3.8) is 0 Å². The van der Waals surface area contributed by atoms with Gasteiger partial charge in [0.25, 0.3) is 6.47 Å². The summed E-state index contributed by atoms with van der Waals surface area (Å²) in [5, 5.41) is 4.37. The molecule has 2 aromatic rings. The molecule has 2 aliphatic rings. The topological polar surface area (TPSA) is 41.6 Å². The maximum absolute atomic E-state index is 11.1. The Kier molecular flexibility index (Phi) is 5.25. The van der Waals surface area contributed by atoms with E-state index in [2.05, 4.69) is 22.3 Å². The number of hydrogen-bond donors (Lipinski definition) is 1. The fourth-order valence-electron chi connectivity index (χ4n) is 4.22. The molecular formula is C21H23ClN2O2. The number of carbonyl (C=O) groups is 1. The van der Waals surface area contributed by atoms with Gasteiger partial charge >= 0.3 is 0 Å². The summed E-state index contributed by atoms with van der Waals surface area (Å²) in [5.41, 5.74) is 4.98. The van der Waals surface area contributed by atoms with Crippen molar-refractivity contribution in [2.75, 3.05) is 13.1 Å². The Hall–Kier alpha value is -1.88. The van der Waals surface area contributed by atoms with Gasteiger partial charge in [-0.3, -0.25) is 9.69 Å². The zero-order valence-corrected chi connectivity index (χ0v) is 15.4. The molecule has 1 N–H and O–H groups in total. The molecule has 0 aliphatic carbocycles. The van der Waals surface area contributed by atoms with Crippen LogP contribution in [0.15, 0.2) is 42.5 Å². The van der Waals surface area contributed by atoms with Gasteiger partial charge in [0, 0.05) is 29.7 Å². The highest BCUT2D eigenvalue weighted by Gasteiger charge is 2.29. The molecule has 2 heterocycles. The Balaban J connectivity index is 1.63. The molecule has 0 radical (unpaired) electrons. The molecule has 0 bridgehead atoms. The molecule has 4 rings (SSSR count). The van der Waals surface area contributed by atoms with E-state index in [0.717, 1.165) is 43.1 Å². The van der Waals surface area contributed by atoms with E-state index in [1.54, 1.807) is 0 Å². The van der Waals surface area contributed by atoms with Crippen LogP contribution in [0.3, 0.4) is 0 Å². The summed E-state index contributed by atoms with van der Waals surface area (Å²) in [6.45, 7) is 3.19. The number of nitrogens with zero attached hydrogens (tertiary/aromatic N) is 1. The minimum atomic E-state index is -0.367. The van der Waals surface area contributed by atoms with Gasteiger partial charge in [-0.25, -0.2) is 0 Å². The maximum atomic E-state index is 11.1. The van der Waals surface area contributed by atoms with E-state index in [1.165, 1.54) is 23.1 Å². The molecule has 0 saturated carbocycles. The Bertz CT molecular complexity index is 775. The van der Waals surface area contributed by atoms with Gasteiger partial charge in [0.2, 0.25) is 0 Å². The van der Waals surface area contributed by atoms with Crippen LogP contribution in [0.4, 0.5) is 0 Å². The van der Waals surface area contributed by atoms with Crippen molar-refractivity contribution in [2.24, 2.45) is 0 Å². The molecule has 136 valence electrons. The predicted octanol–water partition coefficient (Wildman–Crippen LogP) is 3.99. The van der Waals surface area contributed by atoms with Gasteiger partial charge in [0.15, 0.2) is 6.23 Å². The highest BCUT2D eigenvalue weighted by atomic mass is 35.5. The van der Waals surface area contributed by atoms with Gasteiger partial charge in [0.05, 0.1) is 0 Å². The largest absolute Gasteiger partial charge is 0.444 e. The van der Waals surface area contributed by atoms with Crippen LogP contribution in [-0.4, -0.2) is 24.5 Å². The molecule has 2 aromatic carbocycles. The number of carbonyl (C=O) groups excluding carboxylic acids is 1. The van der Waals surface area contributed by atoms with Crippen molar-refractivity contribution in [2.45, 2.75) is 38.1 Å². The molecule has 5 heteroatoms. The van der Waals surface area contributed by atoms with Crippen molar-refractivity contribution in [3.05, 3.63) is 69.7 Å². The number of halogens is 1. The molecule has 2 aliphatic heterocycles. The first-order chi connectivity index (χ1) is 12.8. The van der Waals surface area contributed by atoms with E-state index in [0.29, 0.717) is 12.5 Å². The molecule has 2 unspecified atom stereocenters. The Morgan fingerprint density at radius 3 is 2.85 bits per heavy atom. The summed E-state index contributed by atoms with van der Waals surface area (Å²) in [6, 6.07) is 14.5. The lowest BCUT2D eigenvalue weighted by Gasteiger charge is -2.35. The number of benzene rings is 2. The van der Waals surface area contributed by atoms with Crippen LogP contribution in [0.1, 0.15) is 47.4 Å². The van der Waals surface area contributed by atoms with Gasteiger partial charge in [-0.05, 0) is 54.6 Å². The van der Waals surface area contributed by atoms with Crippen LogP contribution >= 0.6 is 11.6 Å². The molecule has 0 amide bonds. The van der Waals surface area contributed by atoms with Crippen LogP contribution in [-0.2, 0) is 22.5 Å². The van der Waals surface area contributed by atoms with Crippen LogP contribution in [0.2, 0.25) is 5.02 Å². The number of fused-ring (bicyclic) bond motifs is 1. The molecule has 1 saturated heterocycles. The first kappa shape index (κ1) is 17.5. The molecule has 4 nitrogen and oxygen atoms in total. The second kappa shape index (κ2) is 7.78. The third-order valence-electron chi connectivity index (χ3n) is 5.40. The third kappa shape index (κ3) is 3.50. The summed E-state index contributed by atoms with van der Waals surface area (Å²) in [5.74, 6) is 0. The van der Waals surface area contributed by atoms with Crippen molar-refractivity contribution >= 4 is 18.1 Å². The second-order valence-electron chi connectivity index (χ2n) is 7.00. The summed E-state index contributed by atoms with van der Waals surface area (Å²) in [6.07, 6.45) is 2.94. The quantitative estimate of drug-likeness (QED) is 0.808. The van der Waals surface area contributed by atoms with Crippen LogP contribution in [0.5, 0.6) is 0 Å². The van der Waals surface area contributed by atoms with Gasteiger partial charge in [-0.2, -0.15) is 0 Å². The molecule has 0 aromatic heterocycles. The van der Waals surface area contributed by atoms with E-state index in [4.69, 9.17) is 16.3 Å². The number of hydrogen-bond acceptors (Lipinski definition) is 4. The second-order valence-corrected chi connectivity index (χ2v) is 7.43. The fourth-order valence-corrected chi connectivity index (χ4v) is 4.47. The molecular weight excluding hydrogens is 348 g/mol. The fraction of sp³-hybridized carbons (Fsp3) is 0.381.